The van der Waals surface area contributed by atoms with Crippen molar-refractivity contribution in [1.82, 2.24) is 9.97 Å². The highest BCUT2D eigenvalue weighted by atomic mass is 35.5. The monoisotopic (exact) mass is 503 g/mol. The molecule has 0 fully saturated rings. The maximum atomic E-state index is 12.4. The van der Waals surface area contributed by atoms with Crippen LogP contribution in [0.3, 0.4) is 0 Å². The third-order valence-electron chi connectivity index (χ3n) is 3.14. The third-order valence-corrected chi connectivity index (χ3v) is 3.80. The predicted molar refractivity (Wildman–Crippen MR) is 98.6 cm³/mol. The molecule has 0 saturated heterocycles. The van der Waals surface area contributed by atoms with Gasteiger partial charge in [0, 0.05) is 11.8 Å². The Morgan fingerprint density at radius 3 is 2.03 bits per heavy atom. The van der Waals surface area contributed by atoms with Gasteiger partial charge in [-0.3, -0.25) is 5.32 Å². The highest BCUT2D eigenvalue weighted by molar-refractivity contribution is 6.38. The number of nitrogens with zero attached hydrogens (tertiary/aromatic N) is 4. The van der Waals surface area contributed by atoms with Gasteiger partial charge in [-0.1, -0.05) is 11.6 Å². The van der Waals surface area contributed by atoms with E-state index in [-0.39, 0.29) is 16.3 Å². The molecular formula is C16H9Cl2F6N5O3. The van der Waals surface area contributed by atoms with Gasteiger partial charge >= 0.3 is 18.4 Å². The second-order valence-corrected chi connectivity index (χ2v) is 6.41. The standard InChI is InChI=1S/C16H9Cl2F6N5O3/c17-10-3-9(2-1-8(10)5-25)29(18)14(30)28-13-26-11(31-6-15(19,20)21)4-12(27-13)32-7-16(22,23)24/h1-4H,6-7H2,(H,26,27,28,30). The molecule has 0 aliphatic carbocycles. The molecule has 2 amide bonds. The second-order valence-electron chi connectivity index (χ2n) is 5.66. The summed E-state index contributed by atoms with van der Waals surface area (Å²) in [6.07, 6.45) is -9.55. The van der Waals surface area contributed by atoms with Crippen LogP contribution in [-0.2, 0) is 0 Å². The van der Waals surface area contributed by atoms with E-state index in [9.17, 15) is 31.1 Å². The van der Waals surface area contributed by atoms with Gasteiger partial charge in [-0.2, -0.15) is 41.6 Å². The Morgan fingerprint density at radius 2 is 1.59 bits per heavy atom. The average molecular weight is 504 g/mol. The number of carbonyl (C=O) groups excluding carboxylic acids is 1. The number of carbonyl (C=O) groups is 1. The highest BCUT2D eigenvalue weighted by Gasteiger charge is 2.30. The number of amides is 2. The van der Waals surface area contributed by atoms with Crippen LogP contribution in [0.1, 0.15) is 5.56 Å². The van der Waals surface area contributed by atoms with E-state index in [0.717, 1.165) is 6.07 Å². The highest BCUT2D eigenvalue weighted by Crippen LogP contribution is 2.27. The minimum atomic E-state index is -4.77. The van der Waals surface area contributed by atoms with E-state index >= 15 is 0 Å². The Labute approximate surface area is 185 Å². The maximum Gasteiger partial charge on any atom is 0.422 e. The van der Waals surface area contributed by atoms with Crippen molar-refractivity contribution in [2.75, 3.05) is 22.9 Å². The summed E-state index contributed by atoms with van der Waals surface area (Å²) in [4.78, 5) is 19.2. The summed E-state index contributed by atoms with van der Waals surface area (Å²) >= 11 is 11.7. The molecule has 16 heteroatoms. The number of benzene rings is 1. The van der Waals surface area contributed by atoms with Gasteiger partial charge < -0.3 is 9.47 Å². The molecule has 172 valence electrons. The van der Waals surface area contributed by atoms with Crippen LogP contribution in [0.5, 0.6) is 11.8 Å². The molecule has 0 unspecified atom stereocenters. The normalized spacial score (nSPS) is 11.5. The molecule has 1 heterocycles. The van der Waals surface area contributed by atoms with E-state index in [1.165, 1.54) is 12.1 Å². The van der Waals surface area contributed by atoms with E-state index in [1.54, 1.807) is 6.07 Å². The zero-order chi connectivity index (χ0) is 24.1. The topological polar surface area (TPSA) is 100 Å². The van der Waals surface area contributed by atoms with E-state index in [1.807, 2.05) is 5.32 Å². The maximum absolute atomic E-state index is 12.4. The van der Waals surface area contributed by atoms with Crippen LogP contribution in [0.4, 0.5) is 42.8 Å². The Bertz CT molecular complexity index is 992. The first-order chi connectivity index (χ1) is 14.8. The molecule has 1 aromatic heterocycles. The summed E-state index contributed by atoms with van der Waals surface area (Å²) in [6, 6.07) is 4.86. The summed E-state index contributed by atoms with van der Waals surface area (Å²) in [5.41, 5.74) is 0.0661. The molecule has 8 nitrogen and oxygen atoms in total. The van der Waals surface area contributed by atoms with Crippen molar-refractivity contribution >= 4 is 41.0 Å². The Hall–Kier alpha value is -3.18. The van der Waals surface area contributed by atoms with Crippen molar-refractivity contribution in [1.29, 1.82) is 5.26 Å². The SMILES string of the molecule is N#Cc1ccc(N(Cl)C(=O)Nc2nc(OCC(F)(F)F)cc(OCC(F)(F)F)n2)cc1Cl. The largest absolute Gasteiger partial charge is 0.468 e. The fourth-order valence-electron chi connectivity index (χ4n) is 1.90. The molecular weight excluding hydrogens is 495 g/mol. The molecule has 1 N–H and O–H groups in total. The van der Waals surface area contributed by atoms with Crippen LogP contribution in [-0.4, -0.2) is 41.6 Å². The van der Waals surface area contributed by atoms with Crippen LogP contribution < -0.4 is 19.2 Å². The molecule has 0 radical (unpaired) electrons. The van der Waals surface area contributed by atoms with Crippen LogP contribution in [0.15, 0.2) is 24.3 Å². The lowest BCUT2D eigenvalue weighted by atomic mass is 10.2. The Morgan fingerprint density at radius 1 is 1.06 bits per heavy atom. The van der Waals surface area contributed by atoms with Crippen molar-refractivity contribution in [2.45, 2.75) is 12.4 Å². The van der Waals surface area contributed by atoms with Crippen LogP contribution in [0.25, 0.3) is 0 Å². The molecule has 0 atom stereocenters. The molecule has 0 bridgehead atoms. The molecule has 32 heavy (non-hydrogen) atoms. The summed E-state index contributed by atoms with van der Waals surface area (Å²) in [5, 5.41) is 10.8. The number of urea groups is 1. The van der Waals surface area contributed by atoms with Crippen molar-refractivity contribution in [3.63, 3.8) is 0 Å². The van der Waals surface area contributed by atoms with E-state index in [4.69, 9.17) is 28.6 Å². The molecule has 2 aromatic rings. The predicted octanol–water partition coefficient (Wildman–Crippen LogP) is 5.08. The fraction of sp³-hybridized carbons (Fsp3) is 0.250. The van der Waals surface area contributed by atoms with Gasteiger partial charge in [0.15, 0.2) is 13.2 Å². The van der Waals surface area contributed by atoms with Crippen LogP contribution in [0, 0.1) is 11.3 Å². The van der Waals surface area contributed by atoms with Crippen molar-refractivity contribution in [2.24, 2.45) is 0 Å². The Balaban J connectivity index is 2.24. The number of anilines is 2. The van der Waals surface area contributed by atoms with Crippen molar-refractivity contribution in [3.05, 3.63) is 34.9 Å². The van der Waals surface area contributed by atoms with Gasteiger partial charge in [-0.25, -0.2) is 9.21 Å². The lowest BCUT2D eigenvalue weighted by Gasteiger charge is -2.16. The first-order valence-corrected chi connectivity index (χ1v) is 8.74. The minimum absolute atomic E-state index is 0.0220. The summed E-state index contributed by atoms with van der Waals surface area (Å²) < 4.78 is 83.4. The molecule has 2 rings (SSSR count). The number of rotatable bonds is 6. The van der Waals surface area contributed by atoms with E-state index in [0.29, 0.717) is 10.5 Å². The summed E-state index contributed by atoms with van der Waals surface area (Å²) in [5.74, 6) is -2.42. The number of nitrogens with one attached hydrogen (secondary N) is 1. The molecule has 0 saturated carbocycles. The molecule has 0 spiro atoms. The molecule has 0 aliphatic heterocycles. The lowest BCUT2D eigenvalue weighted by molar-refractivity contribution is -0.154. The summed E-state index contributed by atoms with van der Waals surface area (Å²) in [6.45, 7) is -3.64. The van der Waals surface area contributed by atoms with Gasteiger partial charge in [0.2, 0.25) is 17.7 Å². The molecule has 1 aromatic carbocycles. The molecule has 0 aliphatic rings. The quantitative estimate of drug-likeness (QED) is 0.436. The average Bonchev–Trinajstić information content (AvgIpc) is 2.69. The number of aromatic nitrogens is 2. The van der Waals surface area contributed by atoms with Crippen LogP contribution in [0.2, 0.25) is 5.02 Å². The van der Waals surface area contributed by atoms with Gasteiger partial charge in [-0.05, 0) is 18.2 Å². The second kappa shape index (κ2) is 9.96. The lowest BCUT2D eigenvalue weighted by Crippen LogP contribution is -2.28. The van der Waals surface area contributed by atoms with E-state index < -0.39 is 49.3 Å². The number of nitriles is 1. The van der Waals surface area contributed by atoms with Gasteiger partial charge in [0.05, 0.1) is 22.3 Å². The summed E-state index contributed by atoms with van der Waals surface area (Å²) in [7, 11) is 0. The zero-order valence-electron chi connectivity index (χ0n) is 15.3. The number of halogens is 8. The minimum Gasteiger partial charge on any atom is -0.468 e. The van der Waals surface area contributed by atoms with Crippen molar-refractivity contribution < 1.29 is 40.6 Å². The van der Waals surface area contributed by atoms with Gasteiger partial charge in [-0.15, -0.1) is 0 Å². The van der Waals surface area contributed by atoms with Crippen LogP contribution >= 0.6 is 23.4 Å². The van der Waals surface area contributed by atoms with Crippen molar-refractivity contribution in [3.8, 4) is 17.8 Å². The smallest absolute Gasteiger partial charge is 0.422 e. The number of alkyl halides is 6. The first kappa shape index (κ1) is 25.1. The zero-order valence-corrected chi connectivity index (χ0v) is 16.8. The first-order valence-electron chi connectivity index (χ1n) is 8.02. The third kappa shape index (κ3) is 7.82. The van der Waals surface area contributed by atoms with Gasteiger partial charge in [0.25, 0.3) is 0 Å². The number of ether oxygens (including phenoxy) is 2. The van der Waals surface area contributed by atoms with Gasteiger partial charge in [0.1, 0.15) is 6.07 Å². The van der Waals surface area contributed by atoms with E-state index in [2.05, 4.69) is 19.4 Å². The fourth-order valence-corrected chi connectivity index (χ4v) is 2.26. The number of hydrogen-bond donors (Lipinski definition) is 1. The Kier molecular flexibility index (Phi) is 7.81. The number of hydrogen-bond acceptors (Lipinski definition) is 6.